The van der Waals surface area contributed by atoms with E-state index >= 15 is 0 Å². The van der Waals surface area contributed by atoms with E-state index in [1.165, 1.54) is 0 Å². The lowest BCUT2D eigenvalue weighted by molar-refractivity contribution is 0.437. The van der Waals surface area contributed by atoms with Gasteiger partial charge in [0.15, 0.2) is 34.9 Å². The molecule has 1 spiro atoms. The molecule has 1 unspecified atom stereocenters. The lowest BCUT2D eigenvalue weighted by Crippen LogP contribution is -2.32. The zero-order chi connectivity index (χ0) is 41.0. The van der Waals surface area contributed by atoms with E-state index < -0.39 is 5.41 Å². The normalized spacial score (nSPS) is 14.3. The number of ether oxygens (including phenoxy) is 1. The molecule has 1 aliphatic carbocycles. The van der Waals surface area contributed by atoms with Crippen LogP contribution in [-0.4, -0.2) is 29.9 Å². The number of hydrogen-bond acceptors (Lipinski definition) is 7. The summed E-state index contributed by atoms with van der Waals surface area (Å²) >= 11 is 0. The van der Waals surface area contributed by atoms with Gasteiger partial charge in [-0.1, -0.05) is 188 Å². The van der Waals surface area contributed by atoms with Crippen LogP contribution in [0, 0.1) is 0 Å². The van der Waals surface area contributed by atoms with Crippen molar-refractivity contribution in [1.29, 1.82) is 0 Å². The van der Waals surface area contributed by atoms with E-state index in [1.54, 1.807) is 0 Å². The zero-order valence-corrected chi connectivity index (χ0v) is 33.2. The third kappa shape index (κ3) is 5.67. The Balaban J connectivity index is 1.11. The molecular weight excluding hydrogens is 761 g/mol. The maximum absolute atomic E-state index is 7.08. The van der Waals surface area contributed by atoms with Crippen molar-refractivity contribution in [2.24, 2.45) is 0 Å². The quantitative estimate of drug-likeness (QED) is 0.166. The Morgan fingerprint density at radius 2 is 0.677 bits per heavy atom. The number of fused-ring (bicyclic) bond motifs is 9. The molecule has 0 bridgehead atoms. The highest BCUT2D eigenvalue weighted by atomic mass is 16.5. The van der Waals surface area contributed by atoms with Gasteiger partial charge in [-0.3, -0.25) is 0 Å². The van der Waals surface area contributed by atoms with Crippen molar-refractivity contribution in [1.82, 2.24) is 29.9 Å². The van der Waals surface area contributed by atoms with Gasteiger partial charge in [-0.15, -0.1) is 0 Å². The van der Waals surface area contributed by atoms with Crippen LogP contribution < -0.4 is 4.74 Å². The second kappa shape index (κ2) is 14.4. The highest BCUT2D eigenvalue weighted by molar-refractivity contribution is 5.91. The number of aromatic nitrogens is 6. The van der Waals surface area contributed by atoms with Crippen molar-refractivity contribution in [3.05, 3.63) is 229 Å². The largest absolute Gasteiger partial charge is 0.456 e. The van der Waals surface area contributed by atoms with Gasteiger partial charge < -0.3 is 4.74 Å². The van der Waals surface area contributed by atoms with Gasteiger partial charge in [0.2, 0.25) is 0 Å². The molecule has 3 heterocycles. The van der Waals surface area contributed by atoms with Crippen molar-refractivity contribution in [3.8, 4) is 91.0 Å². The van der Waals surface area contributed by atoms with Crippen LogP contribution >= 0.6 is 0 Å². The highest BCUT2D eigenvalue weighted by Crippen LogP contribution is 2.63. The zero-order valence-electron chi connectivity index (χ0n) is 33.2. The molecule has 7 heteroatoms. The van der Waals surface area contributed by atoms with Crippen LogP contribution in [0.15, 0.2) is 206 Å². The molecule has 1 aliphatic heterocycles. The molecule has 7 nitrogen and oxygen atoms in total. The second-order valence-corrected chi connectivity index (χ2v) is 15.4. The van der Waals surface area contributed by atoms with E-state index in [4.69, 9.17) is 34.6 Å². The summed E-state index contributed by atoms with van der Waals surface area (Å²) in [5.41, 5.74) is 11.1. The van der Waals surface area contributed by atoms with Crippen LogP contribution in [0.3, 0.4) is 0 Å². The van der Waals surface area contributed by atoms with E-state index in [0.29, 0.717) is 40.7 Å². The Morgan fingerprint density at radius 3 is 1.23 bits per heavy atom. The van der Waals surface area contributed by atoms with Crippen LogP contribution in [0.25, 0.3) is 79.5 Å². The van der Waals surface area contributed by atoms with Gasteiger partial charge in [-0.25, -0.2) is 29.9 Å². The molecule has 0 saturated heterocycles. The van der Waals surface area contributed by atoms with Gasteiger partial charge in [0.05, 0.1) is 11.0 Å². The van der Waals surface area contributed by atoms with Crippen LogP contribution in [-0.2, 0) is 5.41 Å². The fourth-order valence-electron chi connectivity index (χ4n) is 9.10. The van der Waals surface area contributed by atoms with Crippen LogP contribution in [0.5, 0.6) is 11.5 Å². The summed E-state index contributed by atoms with van der Waals surface area (Å²) in [4.78, 5) is 30.6. The number of hydrogen-bond donors (Lipinski definition) is 0. The van der Waals surface area contributed by atoms with Crippen molar-refractivity contribution in [2.75, 3.05) is 0 Å². The SMILES string of the molecule is c1ccc(-c2nc(-c3ccccc3)nc(-c3ccc4c(c3)C3(c5ccccc5Oc5c(-c6nc(-c7ccccc7)nc(-c7ccccc7)n6)cccc53)c3ccccc3-4)n2)cc1. The number of nitrogens with zero attached hydrogens (tertiary/aromatic N) is 6. The fourth-order valence-corrected chi connectivity index (χ4v) is 9.10. The molecule has 0 fully saturated rings. The molecule has 2 aromatic heterocycles. The summed E-state index contributed by atoms with van der Waals surface area (Å²) in [6, 6.07) is 70.3. The third-order valence-electron chi connectivity index (χ3n) is 11.9. The lowest BCUT2D eigenvalue weighted by atomic mass is 9.65. The Hall–Kier alpha value is -8.42. The average molecular weight is 795 g/mol. The van der Waals surface area contributed by atoms with Gasteiger partial charge in [-0.05, 0) is 40.5 Å². The Labute approximate surface area is 358 Å². The first-order valence-electron chi connectivity index (χ1n) is 20.6. The number of para-hydroxylation sites is 2. The summed E-state index contributed by atoms with van der Waals surface area (Å²) in [7, 11) is 0. The molecule has 8 aromatic carbocycles. The summed E-state index contributed by atoms with van der Waals surface area (Å²) in [5.74, 6) is 4.97. The molecular formula is C55H34N6O. The van der Waals surface area contributed by atoms with Crippen molar-refractivity contribution in [3.63, 3.8) is 0 Å². The van der Waals surface area contributed by atoms with Gasteiger partial charge >= 0.3 is 0 Å². The van der Waals surface area contributed by atoms with E-state index in [2.05, 4.69) is 78.9 Å². The van der Waals surface area contributed by atoms with Gasteiger partial charge in [-0.2, -0.15) is 0 Å². The monoisotopic (exact) mass is 794 g/mol. The first-order chi connectivity index (χ1) is 30.7. The molecule has 290 valence electrons. The number of rotatable bonds is 6. The first kappa shape index (κ1) is 35.5. The Morgan fingerprint density at radius 1 is 0.274 bits per heavy atom. The van der Waals surface area contributed by atoms with Crippen molar-refractivity contribution >= 4 is 0 Å². The molecule has 1 atom stereocenters. The van der Waals surface area contributed by atoms with Crippen LogP contribution in [0.2, 0.25) is 0 Å². The molecule has 0 radical (unpaired) electrons. The minimum absolute atomic E-state index is 0.524. The molecule has 12 rings (SSSR count). The lowest BCUT2D eigenvalue weighted by Gasteiger charge is -2.40. The fraction of sp³-hybridized carbons (Fsp3) is 0.0182. The summed E-state index contributed by atoms with van der Waals surface area (Å²) in [6.45, 7) is 0. The topological polar surface area (TPSA) is 86.6 Å². The molecule has 2 aliphatic rings. The predicted molar refractivity (Wildman–Crippen MR) is 243 cm³/mol. The Bertz CT molecular complexity index is 3210. The minimum Gasteiger partial charge on any atom is -0.456 e. The average Bonchev–Trinajstić information content (AvgIpc) is 3.64. The maximum Gasteiger partial charge on any atom is 0.167 e. The van der Waals surface area contributed by atoms with E-state index in [1.807, 2.05) is 127 Å². The van der Waals surface area contributed by atoms with Crippen molar-refractivity contribution < 1.29 is 4.74 Å². The molecule has 10 aromatic rings. The summed E-state index contributed by atoms with van der Waals surface area (Å²) < 4.78 is 7.08. The first-order valence-corrected chi connectivity index (χ1v) is 20.6. The molecule has 0 saturated carbocycles. The molecule has 62 heavy (non-hydrogen) atoms. The standard InChI is InChI=1S/C55H34N6O/c1-5-18-35(19-6-1)49-56-50(36-20-7-2-8-21-36)59-53(58-49)39-32-33-41-40-26-13-14-28-43(40)55(46(41)34-39)44-29-15-16-31-47(44)62-48-42(27-17-30-45(48)55)54-60-51(37-22-9-3-10-23-37)57-52(61-54)38-24-11-4-12-25-38/h1-34H. The van der Waals surface area contributed by atoms with Crippen molar-refractivity contribution in [2.45, 2.75) is 5.41 Å². The molecule has 0 amide bonds. The maximum atomic E-state index is 7.08. The second-order valence-electron chi connectivity index (χ2n) is 15.4. The van der Waals surface area contributed by atoms with Gasteiger partial charge in [0.25, 0.3) is 0 Å². The predicted octanol–water partition coefficient (Wildman–Crippen LogP) is 12.5. The Kier molecular flexibility index (Phi) is 8.25. The summed E-state index contributed by atoms with van der Waals surface area (Å²) in [6.07, 6.45) is 0. The van der Waals surface area contributed by atoms with Gasteiger partial charge in [0, 0.05) is 38.9 Å². The van der Waals surface area contributed by atoms with Crippen LogP contribution in [0.4, 0.5) is 0 Å². The van der Waals surface area contributed by atoms with E-state index in [0.717, 1.165) is 72.5 Å². The summed E-state index contributed by atoms with van der Waals surface area (Å²) in [5, 5.41) is 0. The molecule has 0 N–H and O–H groups in total. The third-order valence-corrected chi connectivity index (χ3v) is 11.9. The minimum atomic E-state index is -0.781. The van der Waals surface area contributed by atoms with E-state index in [9.17, 15) is 0 Å². The number of benzene rings is 8. The highest BCUT2D eigenvalue weighted by Gasteiger charge is 2.51. The van der Waals surface area contributed by atoms with Crippen LogP contribution in [0.1, 0.15) is 22.3 Å². The smallest absolute Gasteiger partial charge is 0.167 e. The van der Waals surface area contributed by atoms with E-state index in [-0.39, 0.29) is 0 Å². The van der Waals surface area contributed by atoms with Gasteiger partial charge in [0.1, 0.15) is 11.5 Å².